The minimum atomic E-state index is -3.68. The number of carbonyl (C=O) groups excluding carboxylic acids is 1. The van der Waals surface area contributed by atoms with Crippen LogP contribution in [0.1, 0.15) is 33.6 Å². The summed E-state index contributed by atoms with van der Waals surface area (Å²) in [6, 6.07) is 2.70. The largest absolute Gasteiger partial charge is 0.352 e. The van der Waals surface area contributed by atoms with Crippen LogP contribution in [0.3, 0.4) is 0 Å². The number of likely N-dealkylation sites (tertiary alicyclic amines) is 1. The van der Waals surface area contributed by atoms with Crippen LogP contribution in [0.15, 0.2) is 23.2 Å². The van der Waals surface area contributed by atoms with E-state index in [4.69, 9.17) is 0 Å². The molecular formula is C17H26N4O3S. The van der Waals surface area contributed by atoms with E-state index in [-0.39, 0.29) is 28.9 Å². The highest BCUT2D eigenvalue weighted by molar-refractivity contribution is 7.89. The molecule has 3 rings (SSSR count). The number of nitrogens with zero attached hydrogens (tertiary/aromatic N) is 4. The summed E-state index contributed by atoms with van der Waals surface area (Å²) >= 11 is 0. The molecule has 0 saturated carbocycles. The topological polar surface area (TPSA) is 73.8 Å². The van der Waals surface area contributed by atoms with Crippen molar-refractivity contribution in [2.75, 3.05) is 25.0 Å². The Labute approximate surface area is 149 Å². The van der Waals surface area contributed by atoms with Crippen molar-refractivity contribution in [3.8, 4) is 0 Å². The summed E-state index contributed by atoms with van der Waals surface area (Å²) in [6.07, 6.45) is 2.89. The van der Waals surface area contributed by atoms with Gasteiger partial charge in [0.2, 0.25) is 15.9 Å². The second-order valence-electron chi connectivity index (χ2n) is 7.05. The first-order valence-electron chi connectivity index (χ1n) is 8.78. The molecule has 1 saturated heterocycles. The van der Waals surface area contributed by atoms with E-state index in [0.717, 1.165) is 6.42 Å². The quantitative estimate of drug-likeness (QED) is 0.806. The molecule has 3 heterocycles. The number of carbonyl (C=O) groups is 1. The highest BCUT2D eigenvalue weighted by atomic mass is 32.2. The van der Waals surface area contributed by atoms with Crippen LogP contribution in [-0.4, -0.2) is 66.8 Å². The Balaban J connectivity index is 2.09. The standard InChI is InChI=1S/C17H26N4O3S/c1-5-7-16(22)20-10-13-14(11-20)21(12(2)3)25(23,24)15-8-6-9-18-17(15)19(13)4/h6,8-9,12-14H,5,7,10-11H2,1-4H3. The number of hydrogen-bond donors (Lipinski definition) is 0. The van der Waals surface area contributed by atoms with Crippen molar-refractivity contribution in [2.24, 2.45) is 0 Å². The fourth-order valence-electron chi connectivity index (χ4n) is 3.93. The van der Waals surface area contributed by atoms with E-state index in [1.165, 1.54) is 0 Å². The second kappa shape index (κ2) is 6.57. The molecule has 7 nitrogen and oxygen atoms in total. The molecule has 1 amide bonds. The molecule has 0 radical (unpaired) electrons. The van der Waals surface area contributed by atoms with Gasteiger partial charge in [0.05, 0.1) is 12.1 Å². The van der Waals surface area contributed by atoms with Gasteiger partial charge in [-0.05, 0) is 32.4 Å². The van der Waals surface area contributed by atoms with Crippen molar-refractivity contribution in [1.82, 2.24) is 14.2 Å². The Morgan fingerprint density at radius 1 is 1.32 bits per heavy atom. The van der Waals surface area contributed by atoms with Gasteiger partial charge in [-0.2, -0.15) is 4.31 Å². The van der Waals surface area contributed by atoms with Crippen LogP contribution in [0.25, 0.3) is 0 Å². The maximum atomic E-state index is 13.3. The Morgan fingerprint density at radius 3 is 2.64 bits per heavy atom. The summed E-state index contributed by atoms with van der Waals surface area (Å²) in [4.78, 5) is 20.7. The van der Waals surface area contributed by atoms with E-state index in [2.05, 4.69) is 4.98 Å². The third-order valence-electron chi connectivity index (χ3n) is 5.05. The van der Waals surface area contributed by atoms with Crippen molar-refractivity contribution in [3.63, 3.8) is 0 Å². The predicted molar refractivity (Wildman–Crippen MR) is 95.9 cm³/mol. The molecule has 2 aliphatic rings. The number of anilines is 1. The van der Waals surface area contributed by atoms with E-state index >= 15 is 0 Å². The fraction of sp³-hybridized carbons (Fsp3) is 0.647. The zero-order valence-electron chi connectivity index (χ0n) is 15.2. The molecule has 0 aromatic carbocycles. The first-order valence-corrected chi connectivity index (χ1v) is 10.2. The summed E-state index contributed by atoms with van der Waals surface area (Å²) < 4.78 is 28.2. The van der Waals surface area contributed by atoms with Crippen molar-refractivity contribution in [2.45, 2.75) is 56.6 Å². The van der Waals surface area contributed by atoms with Gasteiger partial charge in [0.15, 0.2) is 0 Å². The Morgan fingerprint density at radius 2 is 2.00 bits per heavy atom. The van der Waals surface area contributed by atoms with Crippen molar-refractivity contribution in [1.29, 1.82) is 0 Å². The first-order chi connectivity index (χ1) is 11.8. The zero-order valence-corrected chi connectivity index (χ0v) is 16.0. The van der Waals surface area contributed by atoms with Crippen molar-refractivity contribution >= 4 is 21.7 Å². The van der Waals surface area contributed by atoms with E-state index in [0.29, 0.717) is 25.3 Å². The third-order valence-corrected chi connectivity index (χ3v) is 7.17. The third kappa shape index (κ3) is 2.91. The van der Waals surface area contributed by atoms with Crippen molar-refractivity contribution in [3.05, 3.63) is 18.3 Å². The lowest BCUT2D eigenvalue weighted by molar-refractivity contribution is -0.130. The Bertz CT molecular complexity index is 765. The molecule has 8 heteroatoms. The SMILES string of the molecule is CCCC(=O)N1CC2C(C1)N(C(C)C)S(=O)(=O)c1cccnc1N2C. The maximum absolute atomic E-state index is 13.3. The molecule has 1 fully saturated rings. The molecule has 2 unspecified atom stereocenters. The van der Waals surface area contributed by atoms with Crippen LogP contribution >= 0.6 is 0 Å². The average molecular weight is 366 g/mol. The van der Waals surface area contributed by atoms with Gasteiger partial charge < -0.3 is 9.80 Å². The molecule has 2 aliphatic heterocycles. The van der Waals surface area contributed by atoms with Gasteiger partial charge in [0.25, 0.3) is 0 Å². The van der Waals surface area contributed by atoms with Gasteiger partial charge in [0, 0.05) is 38.8 Å². The van der Waals surface area contributed by atoms with Crippen LogP contribution in [-0.2, 0) is 14.8 Å². The van der Waals surface area contributed by atoms with E-state index in [9.17, 15) is 13.2 Å². The Hall–Kier alpha value is -1.67. The molecule has 1 aromatic rings. The van der Waals surface area contributed by atoms with Crippen LogP contribution in [0.2, 0.25) is 0 Å². The minimum Gasteiger partial charge on any atom is -0.352 e. The summed E-state index contributed by atoms with van der Waals surface area (Å²) in [5.41, 5.74) is 0. The molecule has 0 aliphatic carbocycles. The van der Waals surface area contributed by atoms with Crippen LogP contribution in [0.4, 0.5) is 5.82 Å². The molecule has 2 atom stereocenters. The van der Waals surface area contributed by atoms with Crippen LogP contribution in [0.5, 0.6) is 0 Å². The lowest BCUT2D eigenvalue weighted by atomic mass is 10.1. The summed E-state index contributed by atoms with van der Waals surface area (Å²) in [7, 11) is -1.80. The summed E-state index contributed by atoms with van der Waals surface area (Å²) in [5, 5.41) is 0. The van der Waals surface area contributed by atoms with E-state index < -0.39 is 10.0 Å². The Kier molecular flexibility index (Phi) is 4.76. The molecular weight excluding hydrogens is 340 g/mol. The number of likely N-dealkylation sites (N-methyl/N-ethyl adjacent to an activating group) is 1. The van der Waals surface area contributed by atoms with E-state index in [1.54, 1.807) is 27.5 Å². The number of pyridine rings is 1. The highest BCUT2D eigenvalue weighted by Gasteiger charge is 2.49. The fourth-order valence-corrected chi connectivity index (χ4v) is 5.96. The van der Waals surface area contributed by atoms with Crippen molar-refractivity contribution < 1.29 is 13.2 Å². The maximum Gasteiger partial charge on any atom is 0.247 e. The van der Waals surface area contributed by atoms with Crippen LogP contribution < -0.4 is 4.90 Å². The number of hydrogen-bond acceptors (Lipinski definition) is 5. The summed E-state index contributed by atoms with van der Waals surface area (Å²) in [6.45, 7) is 6.69. The number of fused-ring (bicyclic) bond motifs is 2. The lowest BCUT2D eigenvalue weighted by Crippen LogP contribution is -2.52. The zero-order chi connectivity index (χ0) is 18.4. The van der Waals surface area contributed by atoms with Gasteiger partial charge in [-0.1, -0.05) is 6.92 Å². The first kappa shape index (κ1) is 18.1. The molecule has 138 valence electrons. The van der Waals surface area contributed by atoms with Gasteiger partial charge >= 0.3 is 0 Å². The molecule has 0 bridgehead atoms. The average Bonchev–Trinajstić information content (AvgIpc) is 2.96. The predicted octanol–water partition coefficient (Wildman–Crippen LogP) is 1.31. The number of aromatic nitrogens is 1. The number of amides is 1. The normalized spacial score (nSPS) is 25.6. The van der Waals surface area contributed by atoms with Gasteiger partial charge in [-0.15, -0.1) is 0 Å². The monoisotopic (exact) mass is 366 g/mol. The minimum absolute atomic E-state index is 0.0892. The molecule has 25 heavy (non-hydrogen) atoms. The van der Waals surface area contributed by atoms with Gasteiger partial charge in [-0.3, -0.25) is 4.79 Å². The van der Waals surface area contributed by atoms with Crippen LogP contribution in [0, 0.1) is 0 Å². The molecule has 1 aromatic heterocycles. The smallest absolute Gasteiger partial charge is 0.247 e. The lowest BCUT2D eigenvalue weighted by Gasteiger charge is -2.33. The van der Waals surface area contributed by atoms with Gasteiger partial charge in [0.1, 0.15) is 10.7 Å². The molecule has 0 N–H and O–H groups in total. The summed E-state index contributed by atoms with van der Waals surface area (Å²) in [5.74, 6) is 0.553. The second-order valence-corrected chi connectivity index (χ2v) is 8.86. The number of sulfonamides is 1. The van der Waals surface area contributed by atoms with E-state index in [1.807, 2.05) is 32.7 Å². The molecule has 0 spiro atoms. The highest BCUT2D eigenvalue weighted by Crippen LogP contribution is 2.37. The number of rotatable bonds is 3. The van der Waals surface area contributed by atoms with Gasteiger partial charge in [-0.25, -0.2) is 13.4 Å².